The van der Waals surface area contributed by atoms with Crippen molar-refractivity contribution in [2.75, 3.05) is 13.1 Å². The number of nitrogens with zero attached hydrogens (tertiary/aromatic N) is 1. The number of sulfonamides is 1. The summed E-state index contributed by atoms with van der Waals surface area (Å²) in [5.41, 5.74) is 0.233. The molecule has 1 aliphatic heterocycles. The van der Waals surface area contributed by atoms with Crippen molar-refractivity contribution in [2.24, 2.45) is 5.92 Å². The Bertz CT molecular complexity index is 570. The Labute approximate surface area is 121 Å². The van der Waals surface area contributed by atoms with Crippen LogP contribution in [0, 0.1) is 5.92 Å². The van der Waals surface area contributed by atoms with Gasteiger partial charge in [0.05, 0.1) is 10.5 Å². The molecule has 1 aliphatic rings. The van der Waals surface area contributed by atoms with Crippen LogP contribution in [0.25, 0.3) is 0 Å². The maximum atomic E-state index is 12.4. The normalized spacial score (nSPS) is 19.4. The molecule has 0 atom stereocenters. The van der Waals surface area contributed by atoms with Crippen molar-refractivity contribution in [2.45, 2.75) is 44.1 Å². The maximum Gasteiger partial charge on any atom is 0.243 e. The summed E-state index contributed by atoms with van der Waals surface area (Å²) >= 11 is 0. The predicted molar refractivity (Wildman–Crippen MR) is 79.1 cm³/mol. The average Bonchev–Trinajstić information content (AvgIpc) is 2.34. The van der Waals surface area contributed by atoms with Crippen molar-refractivity contribution < 1.29 is 13.5 Å². The molecule has 0 unspecified atom stereocenters. The summed E-state index contributed by atoms with van der Waals surface area (Å²) in [5, 5.41) is 10.2. The minimum atomic E-state index is -3.48. The van der Waals surface area contributed by atoms with Crippen LogP contribution < -0.4 is 0 Å². The lowest BCUT2D eigenvalue weighted by atomic mass is 9.85. The molecule has 0 saturated carbocycles. The van der Waals surface area contributed by atoms with Gasteiger partial charge in [-0.1, -0.05) is 39.8 Å². The van der Waals surface area contributed by atoms with Gasteiger partial charge in [0, 0.05) is 13.1 Å². The highest BCUT2D eigenvalue weighted by Gasteiger charge is 2.49. The zero-order chi connectivity index (χ0) is 15.1. The summed E-state index contributed by atoms with van der Waals surface area (Å²) in [6.45, 7) is 8.31. The molecule has 2 rings (SSSR count). The van der Waals surface area contributed by atoms with Gasteiger partial charge in [0.1, 0.15) is 0 Å². The van der Waals surface area contributed by atoms with E-state index >= 15 is 0 Å². The fourth-order valence-electron chi connectivity index (χ4n) is 2.27. The third kappa shape index (κ3) is 2.62. The second-order valence-electron chi connectivity index (χ2n) is 6.26. The zero-order valence-corrected chi connectivity index (χ0v) is 13.3. The van der Waals surface area contributed by atoms with Crippen LogP contribution in [0.4, 0.5) is 0 Å². The van der Waals surface area contributed by atoms with E-state index in [1.165, 1.54) is 4.31 Å². The first-order valence-corrected chi connectivity index (χ1v) is 8.43. The average molecular weight is 297 g/mol. The van der Waals surface area contributed by atoms with E-state index in [4.69, 9.17) is 0 Å². The van der Waals surface area contributed by atoms with Crippen LogP contribution in [0.5, 0.6) is 0 Å². The van der Waals surface area contributed by atoms with Crippen molar-refractivity contribution in [3.63, 3.8) is 0 Å². The molecule has 1 N–H and O–H groups in total. The molecule has 0 amide bonds. The van der Waals surface area contributed by atoms with Gasteiger partial charge in [-0.15, -0.1) is 0 Å². The number of rotatable bonds is 4. The van der Waals surface area contributed by atoms with Crippen molar-refractivity contribution in [1.29, 1.82) is 0 Å². The minimum Gasteiger partial charge on any atom is -0.387 e. The molecule has 1 saturated heterocycles. The molecule has 1 fully saturated rings. The maximum absolute atomic E-state index is 12.4. The summed E-state index contributed by atoms with van der Waals surface area (Å²) in [4.78, 5) is 0.299. The summed E-state index contributed by atoms with van der Waals surface area (Å²) in [6, 6.07) is 7.01. The molecule has 0 bridgehead atoms. The summed E-state index contributed by atoms with van der Waals surface area (Å²) in [6.07, 6.45) is 0. The van der Waals surface area contributed by atoms with E-state index in [1.54, 1.807) is 12.1 Å². The first kappa shape index (κ1) is 15.5. The van der Waals surface area contributed by atoms with Gasteiger partial charge >= 0.3 is 0 Å². The smallest absolute Gasteiger partial charge is 0.243 e. The van der Waals surface area contributed by atoms with Crippen LogP contribution in [0.2, 0.25) is 0 Å². The quantitative estimate of drug-likeness (QED) is 0.927. The van der Waals surface area contributed by atoms with E-state index in [-0.39, 0.29) is 19.0 Å². The molecule has 0 spiro atoms. The topological polar surface area (TPSA) is 57.6 Å². The van der Waals surface area contributed by atoms with Gasteiger partial charge < -0.3 is 5.11 Å². The molecule has 5 heteroatoms. The standard InChI is InChI=1S/C15H23NO3S/c1-11(2)13-5-7-14(8-6-13)20(18,19)16-9-15(17,10-16)12(3)4/h5-8,11-12,17H,9-10H2,1-4H3. The Morgan fingerprint density at radius 2 is 1.60 bits per heavy atom. The fourth-order valence-corrected chi connectivity index (χ4v) is 3.84. The molecular formula is C15H23NO3S. The van der Waals surface area contributed by atoms with E-state index in [9.17, 15) is 13.5 Å². The Morgan fingerprint density at radius 3 is 2.00 bits per heavy atom. The number of β-amino-alcohol motifs (C(OH)–C–C–N with tert-alkyl or cyclic N) is 1. The monoisotopic (exact) mass is 297 g/mol. The second-order valence-corrected chi connectivity index (χ2v) is 8.19. The van der Waals surface area contributed by atoms with Crippen LogP contribution in [0.15, 0.2) is 29.2 Å². The van der Waals surface area contributed by atoms with Crippen LogP contribution >= 0.6 is 0 Å². The third-order valence-corrected chi connectivity index (χ3v) is 5.97. The third-order valence-electron chi connectivity index (χ3n) is 4.16. The van der Waals surface area contributed by atoms with Gasteiger partial charge in [0.2, 0.25) is 10.0 Å². The van der Waals surface area contributed by atoms with Crippen molar-refractivity contribution >= 4 is 10.0 Å². The molecular weight excluding hydrogens is 274 g/mol. The summed E-state index contributed by atoms with van der Waals surface area (Å²) in [5.74, 6) is 0.430. The first-order chi connectivity index (χ1) is 9.17. The fraction of sp³-hybridized carbons (Fsp3) is 0.600. The predicted octanol–water partition coefficient (Wildman–Crippen LogP) is 2.20. The highest BCUT2D eigenvalue weighted by atomic mass is 32.2. The van der Waals surface area contributed by atoms with Gasteiger partial charge in [0.25, 0.3) is 0 Å². The number of hydrogen-bond donors (Lipinski definition) is 1. The molecule has 1 aromatic rings. The first-order valence-electron chi connectivity index (χ1n) is 6.99. The van der Waals surface area contributed by atoms with Crippen molar-refractivity contribution in [1.82, 2.24) is 4.31 Å². The van der Waals surface area contributed by atoms with Crippen molar-refractivity contribution in [3.05, 3.63) is 29.8 Å². The Morgan fingerprint density at radius 1 is 1.10 bits per heavy atom. The zero-order valence-electron chi connectivity index (χ0n) is 12.5. The second kappa shape index (κ2) is 5.13. The minimum absolute atomic E-state index is 0.0530. The lowest BCUT2D eigenvalue weighted by Crippen LogP contribution is -2.65. The molecule has 20 heavy (non-hydrogen) atoms. The number of aliphatic hydroxyl groups is 1. The molecule has 1 aromatic carbocycles. The SMILES string of the molecule is CC(C)c1ccc(S(=O)(=O)N2CC(O)(C(C)C)C2)cc1. The molecule has 0 aromatic heterocycles. The van der Waals surface area contributed by atoms with E-state index in [0.29, 0.717) is 10.8 Å². The number of benzene rings is 1. The van der Waals surface area contributed by atoms with Crippen LogP contribution in [-0.4, -0.2) is 36.5 Å². The van der Waals surface area contributed by atoms with Gasteiger partial charge in [-0.05, 0) is 29.5 Å². The van der Waals surface area contributed by atoms with E-state index in [2.05, 4.69) is 13.8 Å². The summed E-state index contributed by atoms with van der Waals surface area (Å²) < 4.78 is 26.2. The van der Waals surface area contributed by atoms with Crippen LogP contribution in [-0.2, 0) is 10.0 Å². The van der Waals surface area contributed by atoms with E-state index < -0.39 is 15.6 Å². The molecule has 0 radical (unpaired) electrons. The summed E-state index contributed by atoms with van der Waals surface area (Å²) in [7, 11) is -3.48. The molecule has 1 heterocycles. The van der Waals surface area contributed by atoms with Gasteiger partial charge in [-0.25, -0.2) is 8.42 Å². The van der Waals surface area contributed by atoms with Crippen LogP contribution in [0.3, 0.4) is 0 Å². The highest BCUT2D eigenvalue weighted by molar-refractivity contribution is 7.89. The van der Waals surface area contributed by atoms with Gasteiger partial charge in [-0.2, -0.15) is 4.31 Å². The van der Waals surface area contributed by atoms with E-state index in [1.807, 2.05) is 26.0 Å². The molecule has 0 aliphatic carbocycles. The van der Waals surface area contributed by atoms with Crippen molar-refractivity contribution in [3.8, 4) is 0 Å². The lowest BCUT2D eigenvalue weighted by Gasteiger charge is -2.47. The highest BCUT2D eigenvalue weighted by Crippen LogP contribution is 2.33. The lowest BCUT2D eigenvalue weighted by molar-refractivity contribution is -0.0932. The van der Waals surface area contributed by atoms with Gasteiger partial charge in [-0.3, -0.25) is 0 Å². The molecule has 112 valence electrons. The van der Waals surface area contributed by atoms with Gasteiger partial charge in [0.15, 0.2) is 0 Å². The number of hydrogen-bond acceptors (Lipinski definition) is 3. The Balaban J connectivity index is 2.16. The largest absolute Gasteiger partial charge is 0.387 e. The van der Waals surface area contributed by atoms with E-state index in [0.717, 1.165) is 5.56 Å². The Hall–Kier alpha value is -0.910. The molecule has 4 nitrogen and oxygen atoms in total. The van der Waals surface area contributed by atoms with Crippen LogP contribution in [0.1, 0.15) is 39.2 Å². The Kier molecular flexibility index (Phi) is 3.97.